The summed E-state index contributed by atoms with van der Waals surface area (Å²) in [5.74, 6) is 3.12. The van der Waals surface area contributed by atoms with Crippen LogP contribution >= 0.6 is 0 Å². The van der Waals surface area contributed by atoms with E-state index in [0.717, 1.165) is 28.4 Å². The number of hydrogen-bond donors (Lipinski definition) is 1. The maximum atomic E-state index is 10.5. The van der Waals surface area contributed by atoms with Gasteiger partial charge in [0, 0.05) is 5.92 Å². The number of rotatable bonds is 7. The molecule has 1 unspecified atom stereocenters. The lowest BCUT2D eigenvalue weighted by atomic mass is 10.3. The van der Waals surface area contributed by atoms with E-state index in [1.54, 1.807) is 7.11 Å². The highest BCUT2D eigenvalue weighted by atomic mass is 16.5. The van der Waals surface area contributed by atoms with Gasteiger partial charge in [0.1, 0.15) is 30.0 Å². The molecule has 25 heavy (non-hydrogen) atoms. The van der Waals surface area contributed by atoms with Gasteiger partial charge in [-0.1, -0.05) is 12.1 Å². The number of para-hydroxylation sites is 2. The van der Waals surface area contributed by atoms with E-state index in [-0.39, 0.29) is 6.61 Å². The van der Waals surface area contributed by atoms with Gasteiger partial charge in [-0.15, -0.1) is 0 Å². The summed E-state index contributed by atoms with van der Waals surface area (Å²) in [5, 5.41) is 10.5. The molecule has 2 aromatic carbocycles. The van der Waals surface area contributed by atoms with Gasteiger partial charge in [0.15, 0.2) is 0 Å². The van der Waals surface area contributed by atoms with Crippen LogP contribution in [-0.4, -0.2) is 34.5 Å². The molecule has 5 nitrogen and oxygen atoms in total. The first-order valence-corrected chi connectivity index (χ1v) is 8.64. The van der Waals surface area contributed by atoms with Gasteiger partial charge in [0.05, 0.1) is 24.7 Å². The van der Waals surface area contributed by atoms with Crippen LogP contribution in [0.1, 0.15) is 24.6 Å². The summed E-state index contributed by atoms with van der Waals surface area (Å²) in [6.07, 6.45) is 1.76. The molecule has 0 amide bonds. The number of nitrogens with zero attached hydrogens (tertiary/aromatic N) is 2. The number of aromatic nitrogens is 2. The largest absolute Gasteiger partial charge is 0.497 e. The van der Waals surface area contributed by atoms with Crippen LogP contribution in [0.15, 0.2) is 48.5 Å². The number of imidazole rings is 1. The average molecular weight is 338 g/mol. The van der Waals surface area contributed by atoms with E-state index in [1.165, 1.54) is 12.8 Å². The first kappa shape index (κ1) is 16.0. The maximum absolute atomic E-state index is 10.5. The van der Waals surface area contributed by atoms with Crippen molar-refractivity contribution >= 4 is 11.0 Å². The summed E-state index contributed by atoms with van der Waals surface area (Å²) < 4.78 is 13.0. The Kier molecular flexibility index (Phi) is 4.32. The Morgan fingerprint density at radius 1 is 1.12 bits per heavy atom. The molecule has 1 heterocycles. The van der Waals surface area contributed by atoms with Crippen molar-refractivity contribution in [1.29, 1.82) is 0 Å². The lowest BCUT2D eigenvalue weighted by molar-refractivity contribution is 0.0927. The molecule has 0 bridgehead atoms. The van der Waals surface area contributed by atoms with Crippen molar-refractivity contribution in [2.75, 3.05) is 13.7 Å². The Bertz CT molecular complexity index is 853. The van der Waals surface area contributed by atoms with Gasteiger partial charge in [-0.25, -0.2) is 4.98 Å². The number of methoxy groups -OCH3 is 1. The molecule has 1 aromatic heterocycles. The van der Waals surface area contributed by atoms with Crippen molar-refractivity contribution in [3.8, 4) is 11.5 Å². The third kappa shape index (κ3) is 3.46. The smallest absolute Gasteiger partial charge is 0.119 e. The second kappa shape index (κ2) is 6.76. The van der Waals surface area contributed by atoms with Gasteiger partial charge in [0.2, 0.25) is 0 Å². The minimum absolute atomic E-state index is 0.239. The van der Waals surface area contributed by atoms with E-state index >= 15 is 0 Å². The van der Waals surface area contributed by atoms with Crippen molar-refractivity contribution in [3.05, 3.63) is 54.4 Å². The average Bonchev–Trinajstić information content (AvgIpc) is 3.43. The zero-order valence-electron chi connectivity index (χ0n) is 14.3. The van der Waals surface area contributed by atoms with Gasteiger partial charge in [-0.2, -0.15) is 0 Å². The van der Waals surface area contributed by atoms with Crippen molar-refractivity contribution in [1.82, 2.24) is 9.55 Å². The minimum Gasteiger partial charge on any atom is -0.497 e. The zero-order valence-corrected chi connectivity index (χ0v) is 14.3. The molecule has 0 saturated heterocycles. The van der Waals surface area contributed by atoms with E-state index in [1.807, 2.05) is 42.5 Å². The van der Waals surface area contributed by atoms with Crippen LogP contribution < -0.4 is 9.47 Å². The summed E-state index contributed by atoms with van der Waals surface area (Å²) in [5.41, 5.74) is 2.07. The van der Waals surface area contributed by atoms with Gasteiger partial charge in [-0.3, -0.25) is 0 Å². The Hall–Kier alpha value is -2.53. The molecule has 4 rings (SSSR count). The monoisotopic (exact) mass is 338 g/mol. The quantitative estimate of drug-likeness (QED) is 0.718. The van der Waals surface area contributed by atoms with Gasteiger partial charge in [0.25, 0.3) is 0 Å². The Morgan fingerprint density at radius 3 is 2.56 bits per heavy atom. The molecule has 1 fully saturated rings. The third-order valence-corrected chi connectivity index (χ3v) is 4.52. The normalized spacial score (nSPS) is 15.3. The SMILES string of the molecule is COc1ccc(OCC(O)Cn2c(C3CC3)nc3ccccc32)cc1. The topological polar surface area (TPSA) is 56.5 Å². The lowest BCUT2D eigenvalue weighted by Gasteiger charge is -2.15. The van der Waals surface area contributed by atoms with Crippen LogP contribution in [0.25, 0.3) is 11.0 Å². The molecule has 1 N–H and O–H groups in total. The second-order valence-electron chi connectivity index (χ2n) is 6.48. The first-order chi connectivity index (χ1) is 12.2. The van der Waals surface area contributed by atoms with Gasteiger partial charge in [-0.05, 0) is 49.2 Å². The van der Waals surface area contributed by atoms with Crippen LogP contribution in [0.3, 0.4) is 0 Å². The van der Waals surface area contributed by atoms with Crippen molar-refractivity contribution in [3.63, 3.8) is 0 Å². The number of hydrogen-bond acceptors (Lipinski definition) is 4. The number of ether oxygens (including phenoxy) is 2. The Morgan fingerprint density at radius 2 is 1.84 bits per heavy atom. The fourth-order valence-corrected chi connectivity index (χ4v) is 3.07. The van der Waals surface area contributed by atoms with Crippen LogP contribution in [0.2, 0.25) is 0 Å². The van der Waals surface area contributed by atoms with Crippen LogP contribution in [0, 0.1) is 0 Å². The fraction of sp³-hybridized carbons (Fsp3) is 0.350. The fourth-order valence-electron chi connectivity index (χ4n) is 3.07. The van der Waals surface area contributed by atoms with E-state index in [2.05, 4.69) is 10.6 Å². The Balaban J connectivity index is 1.46. The second-order valence-corrected chi connectivity index (χ2v) is 6.48. The molecule has 5 heteroatoms. The number of fused-ring (bicyclic) bond motifs is 1. The summed E-state index contributed by atoms with van der Waals surface area (Å²) in [6.45, 7) is 0.728. The molecule has 0 radical (unpaired) electrons. The molecular formula is C20H22N2O3. The molecule has 130 valence electrons. The highest BCUT2D eigenvalue weighted by Crippen LogP contribution is 2.40. The molecule has 1 atom stereocenters. The van der Waals surface area contributed by atoms with Gasteiger partial charge < -0.3 is 19.1 Å². The summed E-state index contributed by atoms with van der Waals surface area (Å²) >= 11 is 0. The van der Waals surface area contributed by atoms with E-state index < -0.39 is 6.10 Å². The van der Waals surface area contributed by atoms with Crippen molar-refractivity contribution < 1.29 is 14.6 Å². The number of aliphatic hydroxyl groups is 1. The number of benzene rings is 2. The molecule has 1 saturated carbocycles. The lowest BCUT2D eigenvalue weighted by Crippen LogP contribution is -2.24. The van der Waals surface area contributed by atoms with Crippen LogP contribution in [0.4, 0.5) is 0 Å². The molecular weight excluding hydrogens is 316 g/mol. The maximum Gasteiger partial charge on any atom is 0.119 e. The third-order valence-electron chi connectivity index (χ3n) is 4.52. The van der Waals surface area contributed by atoms with E-state index in [9.17, 15) is 5.11 Å². The summed E-state index contributed by atoms with van der Waals surface area (Å²) in [6, 6.07) is 15.5. The number of aliphatic hydroxyl groups excluding tert-OH is 1. The standard InChI is InChI=1S/C20H22N2O3/c1-24-16-8-10-17(11-9-16)25-13-15(23)12-22-19-5-3-2-4-18(19)21-20(22)14-6-7-14/h2-5,8-11,14-15,23H,6-7,12-13H2,1H3. The predicted molar refractivity (Wildman–Crippen MR) is 96.2 cm³/mol. The Labute approximate surface area is 146 Å². The van der Waals surface area contributed by atoms with E-state index in [0.29, 0.717) is 12.5 Å². The van der Waals surface area contributed by atoms with Crippen LogP contribution in [-0.2, 0) is 6.54 Å². The zero-order chi connectivity index (χ0) is 17.2. The van der Waals surface area contributed by atoms with Crippen molar-refractivity contribution in [2.45, 2.75) is 31.4 Å². The molecule has 3 aromatic rings. The molecule has 0 aliphatic heterocycles. The van der Waals surface area contributed by atoms with E-state index in [4.69, 9.17) is 14.5 Å². The predicted octanol–water partition coefficient (Wildman–Crippen LogP) is 3.36. The summed E-state index contributed by atoms with van der Waals surface area (Å²) in [7, 11) is 1.63. The molecule has 1 aliphatic rings. The highest BCUT2D eigenvalue weighted by molar-refractivity contribution is 5.76. The van der Waals surface area contributed by atoms with Gasteiger partial charge >= 0.3 is 0 Å². The highest BCUT2D eigenvalue weighted by Gasteiger charge is 2.30. The first-order valence-electron chi connectivity index (χ1n) is 8.64. The summed E-state index contributed by atoms with van der Waals surface area (Å²) in [4.78, 5) is 4.76. The molecule has 1 aliphatic carbocycles. The molecule has 0 spiro atoms. The van der Waals surface area contributed by atoms with Crippen molar-refractivity contribution in [2.24, 2.45) is 0 Å². The van der Waals surface area contributed by atoms with Crippen LogP contribution in [0.5, 0.6) is 11.5 Å². The minimum atomic E-state index is -0.600.